The van der Waals surface area contributed by atoms with Crippen LogP contribution in [0.25, 0.3) is 11.1 Å². The zero-order chi connectivity index (χ0) is 24.9. The Balaban J connectivity index is 1.35. The van der Waals surface area contributed by atoms with Crippen LogP contribution in [0.3, 0.4) is 0 Å². The third-order valence-electron chi connectivity index (χ3n) is 6.25. The fraction of sp³-hybridized carbons (Fsp3) is 0.308. The summed E-state index contributed by atoms with van der Waals surface area (Å²) in [4.78, 5) is 36.3. The molecule has 2 amide bonds. The van der Waals surface area contributed by atoms with E-state index in [0.29, 0.717) is 6.42 Å². The summed E-state index contributed by atoms with van der Waals surface area (Å²) in [6, 6.07) is 16.2. The summed E-state index contributed by atoms with van der Waals surface area (Å²) in [6.07, 6.45) is 0.327. The van der Waals surface area contributed by atoms with Gasteiger partial charge < -0.3 is 19.7 Å². The zero-order valence-corrected chi connectivity index (χ0v) is 19.5. The quantitative estimate of drug-likeness (QED) is 0.409. The van der Waals surface area contributed by atoms with Crippen LogP contribution in [0.1, 0.15) is 54.2 Å². The lowest BCUT2D eigenvalue weighted by Gasteiger charge is -2.17. The first kappa shape index (κ1) is 24.0. The van der Waals surface area contributed by atoms with Crippen molar-refractivity contribution in [2.75, 3.05) is 11.9 Å². The van der Waals surface area contributed by atoms with Crippen molar-refractivity contribution in [2.24, 2.45) is 5.92 Å². The number of hydrogen-bond acceptors (Lipinski definition) is 6. The van der Waals surface area contributed by atoms with Gasteiger partial charge in [0, 0.05) is 12.0 Å². The normalized spacial score (nSPS) is 13.9. The molecular formula is C26H27N3O6. The maximum absolute atomic E-state index is 12.4. The van der Waals surface area contributed by atoms with E-state index in [1.807, 2.05) is 62.4 Å². The minimum Gasteiger partial charge on any atom is -0.480 e. The lowest BCUT2D eigenvalue weighted by atomic mass is 9.98. The van der Waals surface area contributed by atoms with E-state index >= 15 is 0 Å². The molecule has 9 nitrogen and oxygen atoms in total. The van der Waals surface area contributed by atoms with E-state index in [0.717, 1.165) is 28.7 Å². The predicted octanol–water partition coefficient (Wildman–Crippen LogP) is 4.65. The first-order valence-electron chi connectivity index (χ1n) is 11.5. The average Bonchev–Trinajstić information content (AvgIpc) is 3.45. The molecule has 1 aromatic heterocycles. The molecule has 182 valence electrons. The summed E-state index contributed by atoms with van der Waals surface area (Å²) in [5, 5.41) is 17.9. The Hall–Kier alpha value is -4.14. The van der Waals surface area contributed by atoms with Crippen molar-refractivity contribution in [1.82, 2.24) is 10.5 Å². The van der Waals surface area contributed by atoms with E-state index in [4.69, 9.17) is 9.26 Å². The fourth-order valence-electron chi connectivity index (χ4n) is 4.20. The summed E-state index contributed by atoms with van der Waals surface area (Å²) < 4.78 is 10.5. The maximum Gasteiger partial charge on any atom is 0.414 e. The number of hydrogen-bond donors (Lipinski definition) is 3. The molecule has 0 fully saturated rings. The van der Waals surface area contributed by atoms with Gasteiger partial charge in [-0.1, -0.05) is 74.0 Å². The molecule has 1 aliphatic carbocycles. The first-order valence-corrected chi connectivity index (χ1v) is 11.5. The molecule has 35 heavy (non-hydrogen) atoms. The van der Waals surface area contributed by atoms with Crippen molar-refractivity contribution >= 4 is 23.9 Å². The molecular weight excluding hydrogens is 450 g/mol. The van der Waals surface area contributed by atoms with Gasteiger partial charge in [0.1, 0.15) is 12.6 Å². The van der Waals surface area contributed by atoms with Gasteiger partial charge in [0.2, 0.25) is 5.88 Å². The van der Waals surface area contributed by atoms with E-state index in [9.17, 15) is 19.5 Å². The maximum atomic E-state index is 12.4. The average molecular weight is 478 g/mol. The number of rotatable bonds is 9. The Morgan fingerprint density at radius 3 is 2.31 bits per heavy atom. The number of carbonyl (C=O) groups is 3. The summed E-state index contributed by atoms with van der Waals surface area (Å²) >= 11 is 0. The number of carbonyl (C=O) groups excluding carboxylic acids is 2. The molecule has 0 saturated heterocycles. The van der Waals surface area contributed by atoms with Crippen molar-refractivity contribution < 1.29 is 28.8 Å². The lowest BCUT2D eigenvalue weighted by molar-refractivity contribution is -0.139. The molecule has 2 aromatic carbocycles. The van der Waals surface area contributed by atoms with Crippen LogP contribution in [-0.4, -0.2) is 40.9 Å². The number of aromatic nitrogens is 1. The minimum absolute atomic E-state index is 0.0822. The second-order valence-electron chi connectivity index (χ2n) is 8.64. The van der Waals surface area contributed by atoms with Crippen LogP contribution in [0, 0.1) is 5.92 Å². The van der Waals surface area contributed by atoms with E-state index < -0.39 is 24.0 Å². The first-order chi connectivity index (χ1) is 16.9. The molecule has 0 aliphatic heterocycles. The molecule has 1 aliphatic rings. The highest BCUT2D eigenvalue weighted by Crippen LogP contribution is 2.44. The number of carboxylic acid groups (broad SMARTS) is 1. The van der Waals surface area contributed by atoms with E-state index in [1.165, 1.54) is 6.07 Å². The number of nitrogens with one attached hydrogen (secondary N) is 2. The van der Waals surface area contributed by atoms with Crippen molar-refractivity contribution in [3.63, 3.8) is 0 Å². The van der Waals surface area contributed by atoms with E-state index in [2.05, 4.69) is 15.8 Å². The van der Waals surface area contributed by atoms with Crippen molar-refractivity contribution in [3.05, 3.63) is 71.4 Å². The third kappa shape index (κ3) is 5.34. The molecule has 0 spiro atoms. The van der Waals surface area contributed by atoms with Crippen LogP contribution < -0.4 is 10.6 Å². The molecule has 9 heteroatoms. The van der Waals surface area contributed by atoms with Crippen LogP contribution in [0.2, 0.25) is 0 Å². The molecule has 3 aromatic rings. The predicted molar refractivity (Wildman–Crippen MR) is 128 cm³/mol. The van der Waals surface area contributed by atoms with Crippen LogP contribution in [0.4, 0.5) is 10.7 Å². The third-order valence-corrected chi connectivity index (χ3v) is 6.25. The zero-order valence-electron chi connectivity index (χ0n) is 19.5. The number of carboxylic acids is 1. The highest BCUT2D eigenvalue weighted by molar-refractivity contribution is 5.96. The Bertz CT molecular complexity index is 1190. The second-order valence-corrected chi connectivity index (χ2v) is 8.64. The lowest BCUT2D eigenvalue weighted by Crippen LogP contribution is -2.41. The summed E-state index contributed by atoms with van der Waals surface area (Å²) in [5.74, 6) is -1.88. The SMILES string of the molecule is CCC(C)CC(NC(=O)c1cc(NC(=O)OCC2c3ccccc3-c3ccccc32)on1)C(=O)O. The van der Waals surface area contributed by atoms with Crippen LogP contribution >= 0.6 is 0 Å². The van der Waals surface area contributed by atoms with Gasteiger partial charge in [-0.25, -0.2) is 9.59 Å². The summed E-state index contributed by atoms with van der Waals surface area (Å²) in [7, 11) is 0. The van der Waals surface area contributed by atoms with Gasteiger partial charge in [-0.3, -0.25) is 10.1 Å². The topological polar surface area (TPSA) is 131 Å². The monoisotopic (exact) mass is 477 g/mol. The largest absolute Gasteiger partial charge is 0.480 e. The van der Waals surface area contributed by atoms with Crippen molar-refractivity contribution in [3.8, 4) is 11.1 Å². The molecule has 1 heterocycles. The molecule has 2 unspecified atom stereocenters. The number of nitrogens with zero attached hydrogens (tertiary/aromatic N) is 1. The minimum atomic E-state index is -1.13. The van der Waals surface area contributed by atoms with Crippen molar-refractivity contribution in [2.45, 2.75) is 38.6 Å². The van der Waals surface area contributed by atoms with Gasteiger partial charge in [-0.15, -0.1) is 0 Å². The van der Waals surface area contributed by atoms with Crippen LogP contribution in [-0.2, 0) is 9.53 Å². The van der Waals surface area contributed by atoms with Gasteiger partial charge in [0.25, 0.3) is 5.91 Å². The van der Waals surface area contributed by atoms with Crippen LogP contribution in [0.5, 0.6) is 0 Å². The highest BCUT2D eigenvalue weighted by atomic mass is 16.6. The standard InChI is InChI=1S/C26H27N3O6/c1-3-15(2)12-22(25(31)32)27-24(30)21-13-23(35-29-21)28-26(33)34-14-20-18-10-6-4-8-16(18)17-9-5-7-11-19(17)20/h4-11,13,15,20,22H,3,12,14H2,1-2H3,(H,27,30)(H,28,33)(H,31,32). The summed E-state index contributed by atoms with van der Waals surface area (Å²) in [6.45, 7) is 3.98. The van der Waals surface area contributed by atoms with E-state index in [1.54, 1.807) is 0 Å². The summed E-state index contributed by atoms with van der Waals surface area (Å²) in [5.41, 5.74) is 4.28. The fourth-order valence-corrected chi connectivity index (χ4v) is 4.20. The Morgan fingerprint density at radius 2 is 1.71 bits per heavy atom. The van der Waals surface area contributed by atoms with Gasteiger partial charge >= 0.3 is 12.1 Å². The van der Waals surface area contributed by atoms with E-state index in [-0.39, 0.29) is 30.0 Å². The van der Waals surface area contributed by atoms with Gasteiger partial charge in [0.15, 0.2) is 5.69 Å². The number of amides is 2. The Kier molecular flexibility index (Phi) is 7.14. The second kappa shape index (κ2) is 10.4. The smallest absolute Gasteiger partial charge is 0.414 e. The van der Waals surface area contributed by atoms with Gasteiger partial charge in [-0.05, 0) is 34.6 Å². The van der Waals surface area contributed by atoms with Gasteiger partial charge in [-0.2, -0.15) is 0 Å². The number of fused-ring (bicyclic) bond motifs is 3. The molecule has 2 atom stereocenters. The number of benzene rings is 2. The molecule has 0 radical (unpaired) electrons. The highest BCUT2D eigenvalue weighted by Gasteiger charge is 2.29. The van der Waals surface area contributed by atoms with Crippen molar-refractivity contribution in [1.29, 1.82) is 0 Å². The number of aliphatic carboxylic acids is 1. The van der Waals surface area contributed by atoms with Gasteiger partial charge in [0.05, 0.1) is 0 Å². The molecule has 4 rings (SSSR count). The number of ether oxygens (including phenoxy) is 1. The Morgan fingerprint density at radius 1 is 1.09 bits per heavy atom. The molecule has 0 saturated carbocycles. The molecule has 0 bridgehead atoms. The van der Waals surface area contributed by atoms with Crippen LogP contribution in [0.15, 0.2) is 59.1 Å². The number of anilines is 1. The Labute approximate surface area is 202 Å². The molecule has 3 N–H and O–H groups in total.